The summed E-state index contributed by atoms with van der Waals surface area (Å²) in [6, 6.07) is 0. The monoisotopic (exact) mass is 175 g/mol. The van der Waals surface area contributed by atoms with Gasteiger partial charge in [-0.1, -0.05) is 12.8 Å². The maximum atomic E-state index is 9.10. The zero-order valence-corrected chi connectivity index (χ0v) is 7.40. The molecule has 0 heterocycles. The molecule has 0 aromatic carbocycles. The van der Waals surface area contributed by atoms with E-state index in [1.165, 1.54) is 12.8 Å². The first-order valence-corrected chi connectivity index (χ1v) is 3.43. The molecule has 0 aliphatic heterocycles. The average molecular weight is 175 g/mol. The van der Waals surface area contributed by atoms with Crippen LogP contribution in [0, 0.1) is 13.0 Å². The fourth-order valence-electron chi connectivity index (χ4n) is 1.34. The molecular formula is C7H12N2V. The average Bonchev–Trinajstić information content (AvgIpc) is 2.37. The first-order chi connectivity index (χ1) is 4.34. The number of nitrogens with zero attached hydrogens (tertiary/aromatic N) is 1. The molecule has 0 aromatic heterocycles. The normalized spacial score (nSPS) is 18.1. The maximum Gasteiger partial charge on any atom is 2.00 e. The zero-order valence-electron chi connectivity index (χ0n) is 6.01. The molecule has 0 aromatic rings. The van der Waals surface area contributed by atoms with E-state index in [1.54, 1.807) is 0 Å². The van der Waals surface area contributed by atoms with Crippen molar-refractivity contribution in [2.75, 3.05) is 0 Å². The topological polar surface area (TPSA) is 34.3 Å². The van der Waals surface area contributed by atoms with Gasteiger partial charge in [-0.25, -0.2) is 0 Å². The standard InChI is InChI=1S/C7H12N2.V/c1-9-7(8)6-4-2-3-5-6;/h6H,1-5H2,(H-,8,9);/q-2;+2. The van der Waals surface area contributed by atoms with Crippen molar-refractivity contribution < 1.29 is 18.6 Å². The van der Waals surface area contributed by atoms with Gasteiger partial charge in [-0.3, -0.25) is 0 Å². The van der Waals surface area contributed by atoms with Crippen LogP contribution in [0.2, 0.25) is 0 Å². The van der Waals surface area contributed by atoms with Crippen LogP contribution >= 0.6 is 0 Å². The molecule has 1 rings (SSSR count). The predicted octanol–water partition coefficient (Wildman–Crippen LogP) is 1.52. The Morgan fingerprint density at radius 1 is 1.40 bits per heavy atom. The summed E-state index contributed by atoms with van der Waals surface area (Å²) in [6.45, 7) is 0. The molecule has 1 radical (unpaired) electrons. The molecule has 10 heavy (non-hydrogen) atoms. The third-order valence-corrected chi connectivity index (χ3v) is 1.92. The fourth-order valence-corrected chi connectivity index (χ4v) is 1.34. The molecule has 0 bridgehead atoms. The van der Waals surface area contributed by atoms with Crippen LogP contribution in [0.25, 0.3) is 5.41 Å². The minimum atomic E-state index is 0. The summed E-state index contributed by atoms with van der Waals surface area (Å²) in [4.78, 5) is 0. The summed E-state index contributed by atoms with van der Waals surface area (Å²) in [5, 5.41) is 11.6. The SMILES string of the molecule is [CH2-]NC(=[N-])C1CCCC1.[V+2]. The number of rotatable bonds is 1. The number of hydrogen-bond donors (Lipinski definition) is 1. The molecule has 2 nitrogen and oxygen atoms in total. The van der Waals surface area contributed by atoms with Crippen molar-refractivity contribution in [2.24, 2.45) is 5.92 Å². The van der Waals surface area contributed by atoms with Crippen molar-refractivity contribution >= 4 is 5.84 Å². The van der Waals surface area contributed by atoms with Crippen LogP contribution < -0.4 is 5.32 Å². The summed E-state index contributed by atoms with van der Waals surface area (Å²) in [6.07, 6.45) is 4.73. The first-order valence-electron chi connectivity index (χ1n) is 3.43. The predicted molar refractivity (Wildman–Crippen MR) is 38.8 cm³/mol. The van der Waals surface area contributed by atoms with E-state index in [-0.39, 0.29) is 18.6 Å². The van der Waals surface area contributed by atoms with Gasteiger partial charge in [0.05, 0.1) is 0 Å². The molecule has 0 unspecified atom stereocenters. The molecule has 1 aliphatic rings. The van der Waals surface area contributed by atoms with E-state index in [4.69, 9.17) is 5.41 Å². The third-order valence-electron chi connectivity index (χ3n) is 1.92. The Labute approximate surface area is 74.2 Å². The molecule has 0 atom stereocenters. The van der Waals surface area contributed by atoms with Gasteiger partial charge >= 0.3 is 18.6 Å². The van der Waals surface area contributed by atoms with Crippen molar-refractivity contribution in [3.05, 3.63) is 12.5 Å². The quantitative estimate of drug-likeness (QED) is 0.366. The Hall–Kier alpha value is 0.0544. The Balaban J connectivity index is 0.000000810. The summed E-state index contributed by atoms with van der Waals surface area (Å²) in [5.41, 5.74) is 0. The number of amidine groups is 1. The van der Waals surface area contributed by atoms with Crippen LogP contribution in [-0.2, 0) is 18.6 Å². The molecule has 1 fully saturated rings. The second kappa shape index (κ2) is 4.81. The van der Waals surface area contributed by atoms with Crippen molar-refractivity contribution in [2.45, 2.75) is 25.7 Å². The van der Waals surface area contributed by atoms with Crippen LogP contribution in [0.1, 0.15) is 25.7 Å². The number of hydrogen-bond acceptors (Lipinski definition) is 0. The van der Waals surface area contributed by atoms with Gasteiger partial charge in [0.25, 0.3) is 0 Å². The molecule has 55 valence electrons. The van der Waals surface area contributed by atoms with E-state index < -0.39 is 0 Å². The van der Waals surface area contributed by atoms with Crippen molar-refractivity contribution in [1.29, 1.82) is 0 Å². The molecule has 1 saturated carbocycles. The molecule has 0 amide bonds. The van der Waals surface area contributed by atoms with Crippen molar-refractivity contribution in [3.8, 4) is 0 Å². The van der Waals surface area contributed by atoms with Gasteiger partial charge in [0.15, 0.2) is 0 Å². The van der Waals surface area contributed by atoms with Crippen LogP contribution in [0.15, 0.2) is 0 Å². The van der Waals surface area contributed by atoms with Crippen LogP contribution in [-0.4, -0.2) is 5.84 Å². The van der Waals surface area contributed by atoms with E-state index in [0.29, 0.717) is 11.8 Å². The Morgan fingerprint density at radius 3 is 2.30 bits per heavy atom. The Kier molecular flexibility index (Phi) is 4.83. The molecule has 1 N–H and O–H groups in total. The minimum absolute atomic E-state index is 0. The summed E-state index contributed by atoms with van der Waals surface area (Å²) < 4.78 is 0. The molecule has 3 heteroatoms. The van der Waals surface area contributed by atoms with E-state index in [1.807, 2.05) is 0 Å². The zero-order chi connectivity index (χ0) is 6.69. The Morgan fingerprint density at radius 2 is 1.90 bits per heavy atom. The van der Waals surface area contributed by atoms with E-state index in [9.17, 15) is 0 Å². The first kappa shape index (κ1) is 10.1. The second-order valence-corrected chi connectivity index (χ2v) is 2.54. The molecule has 0 spiro atoms. The van der Waals surface area contributed by atoms with Crippen molar-refractivity contribution in [3.63, 3.8) is 0 Å². The van der Waals surface area contributed by atoms with Gasteiger partial charge in [-0.05, 0) is 18.8 Å². The smallest absolute Gasteiger partial charge is 0.638 e. The van der Waals surface area contributed by atoms with Gasteiger partial charge in [0.2, 0.25) is 0 Å². The largest absolute Gasteiger partial charge is 2.00 e. The van der Waals surface area contributed by atoms with Gasteiger partial charge in [-0.15, -0.1) is 5.84 Å². The third kappa shape index (κ3) is 2.35. The fraction of sp³-hybridized carbons (Fsp3) is 0.714. The summed E-state index contributed by atoms with van der Waals surface area (Å²) >= 11 is 0. The van der Waals surface area contributed by atoms with Gasteiger partial charge < -0.3 is 17.8 Å². The van der Waals surface area contributed by atoms with Gasteiger partial charge in [0.1, 0.15) is 0 Å². The minimum Gasteiger partial charge on any atom is -0.638 e. The van der Waals surface area contributed by atoms with Crippen LogP contribution in [0.5, 0.6) is 0 Å². The Bertz CT molecular complexity index is 108. The number of nitrogens with one attached hydrogen (secondary N) is 1. The van der Waals surface area contributed by atoms with E-state index in [2.05, 4.69) is 12.4 Å². The molecule has 1 aliphatic carbocycles. The molecule has 0 saturated heterocycles. The van der Waals surface area contributed by atoms with Crippen LogP contribution in [0.4, 0.5) is 0 Å². The molecular weight excluding hydrogens is 163 g/mol. The van der Waals surface area contributed by atoms with Crippen LogP contribution in [0.3, 0.4) is 0 Å². The van der Waals surface area contributed by atoms with Crippen molar-refractivity contribution in [1.82, 2.24) is 5.32 Å². The summed E-state index contributed by atoms with van der Waals surface area (Å²) in [7, 11) is 3.39. The maximum absolute atomic E-state index is 9.10. The van der Waals surface area contributed by atoms with Gasteiger partial charge in [0, 0.05) is 0 Å². The van der Waals surface area contributed by atoms with Gasteiger partial charge in [-0.2, -0.15) is 0 Å². The second-order valence-electron chi connectivity index (χ2n) is 2.54. The summed E-state index contributed by atoms with van der Waals surface area (Å²) in [5.74, 6) is 0.745. The van der Waals surface area contributed by atoms with E-state index in [0.717, 1.165) is 12.8 Å². The van der Waals surface area contributed by atoms with E-state index >= 15 is 0 Å².